The summed E-state index contributed by atoms with van der Waals surface area (Å²) in [5, 5.41) is 7.35. The van der Waals surface area contributed by atoms with E-state index in [0.717, 1.165) is 6.42 Å². The maximum Gasteiger partial charge on any atom is 0.296 e. The lowest BCUT2D eigenvalue weighted by Crippen LogP contribution is -2.08. The average Bonchev–Trinajstić information content (AvgIpc) is 2.76. The zero-order chi connectivity index (χ0) is 11.8. The van der Waals surface area contributed by atoms with Crippen molar-refractivity contribution in [3.8, 4) is 0 Å². The molecule has 1 fully saturated rings. The van der Waals surface area contributed by atoms with Gasteiger partial charge in [0.25, 0.3) is 14.2 Å². The molecule has 5 nitrogen and oxygen atoms in total. The molecule has 1 aromatic rings. The van der Waals surface area contributed by atoms with Gasteiger partial charge in [0.1, 0.15) is 5.82 Å². The topological polar surface area (TPSA) is 64.8 Å². The van der Waals surface area contributed by atoms with E-state index in [1.165, 1.54) is 30.3 Å². The maximum atomic E-state index is 11.1. The molecular formula is C9H14ClN3O2S. The second kappa shape index (κ2) is 4.33. The molecule has 0 atom stereocenters. The highest BCUT2D eigenvalue weighted by molar-refractivity contribution is 8.13. The fraction of sp³-hybridized carbons (Fsp3) is 0.778. The summed E-state index contributed by atoms with van der Waals surface area (Å²) in [5.74, 6) is 1.31. The highest BCUT2D eigenvalue weighted by Crippen LogP contribution is 2.27. The van der Waals surface area contributed by atoms with Gasteiger partial charge in [-0.3, -0.25) is 0 Å². The molecule has 1 aromatic heterocycles. The minimum atomic E-state index is -3.78. The smallest absolute Gasteiger partial charge is 0.296 e. The molecule has 0 saturated heterocycles. The van der Waals surface area contributed by atoms with E-state index in [1.54, 1.807) is 7.05 Å². The predicted molar refractivity (Wildman–Crippen MR) is 59.7 cm³/mol. The number of halogens is 1. The van der Waals surface area contributed by atoms with Crippen LogP contribution < -0.4 is 0 Å². The predicted octanol–water partition coefficient (Wildman–Crippen LogP) is 1.48. The summed E-state index contributed by atoms with van der Waals surface area (Å²) in [4.78, 5) is 0. The Kier molecular flexibility index (Phi) is 3.21. The van der Waals surface area contributed by atoms with E-state index in [-0.39, 0.29) is 5.16 Å². The van der Waals surface area contributed by atoms with Gasteiger partial charge >= 0.3 is 0 Å². The number of nitrogens with zero attached hydrogens (tertiary/aromatic N) is 3. The molecule has 1 heterocycles. The molecule has 0 unspecified atom stereocenters. The van der Waals surface area contributed by atoms with Crippen molar-refractivity contribution in [1.29, 1.82) is 0 Å². The standard InChI is InChI=1S/C9H14ClN3O2S/c1-13-8(6-7-4-2-3-5-7)11-12-9(13)16(10,14)15/h7H,2-6H2,1H3. The van der Waals surface area contributed by atoms with Crippen molar-refractivity contribution >= 4 is 19.7 Å². The zero-order valence-electron chi connectivity index (χ0n) is 9.06. The Morgan fingerprint density at radius 1 is 1.38 bits per heavy atom. The van der Waals surface area contributed by atoms with Crippen molar-refractivity contribution in [2.24, 2.45) is 13.0 Å². The molecule has 0 amide bonds. The largest absolute Gasteiger partial charge is 0.304 e. The molecule has 0 N–H and O–H groups in total. The van der Waals surface area contributed by atoms with Crippen LogP contribution in [0, 0.1) is 5.92 Å². The molecule has 0 radical (unpaired) electrons. The first-order valence-electron chi connectivity index (χ1n) is 5.31. The van der Waals surface area contributed by atoms with E-state index in [4.69, 9.17) is 10.7 Å². The van der Waals surface area contributed by atoms with Crippen LogP contribution in [0.25, 0.3) is 0 Å². The monoisotopic (exact) mass is 263 g/mol. The third kappa shape index (κ3) is 2.38. The normalized spacial score (nSPS) is 18.1. The Morgan fingerprint density at radius 2 is 2.00 bits per heavy atom. The molecule has 0 aliphatic heterocycles. The van der Waals surface area contributed by atoms with E-state index < -0.39 is 9.05 Å². The van der Waals surface area contributed by atoms with Crippen LogP contribution in [0.1, 0.15) is 31.5 Å². The van der Waals surface area contributed by atoms with Gasteiger partial charge in [0.05, 0.1) is 0 Å². The minimum Gasteiger partial charge on any atom is -0.304 e. The molecule has 1 aliphatic carbocycles. The average molecular weight is 264 g/mol. The molecule has 0 bridgehead atoms. The molecule has 1 saturated carbocycles. The number of hydrogen-bond acceptors (Lipinski definition) is 4. The van der Waals surface area contributed by atoms with Crippen molar-refractivity contribution in [1.82, 2.24) is 14.8 Å². The summed E-state index contributed by atoms with van der Waals surface area (Å²) >= 11 is 0. The fourth-order valence-electron chi connectivity index (χ4n) is 2.21. The summed E-state index contributed by atoms with van der Waals surface area (Å²) in [6.45, 7) is 0. The van der Waals surface area contributed by atoms with E-state index in [9.17, 15) is 8.42 Å². The molecule has 90 valence electrons. The van der Waals surface area contributed by atoms with Crippen molar-refractivity contribution in [2.45, 2.75) is 37.3 Å². The first-order chi connectivity index (χ1) is 7.48. The van der Waals surface area contributed by atoms with E-state index in [2.05, 4.69) is 10.2 Å². The first-order valence-corrected chi connectivity index (χ1v) is 7.62. The second-order valence-electron chi connectivity index (χ2n) is 4.25. The van der Waals surface area contributed by atoms with Gasteiger partial charge < -0.3 is 4.57 Å². The van der Waals surface area contributed by atoms with Gasteiger partial charge in [-0.25, -0.2) is 8.42 Å². The maximum absolute atomic E-state index is 11.1. The van der Waals surface area contributed by atoms with Crippen molar-refractivity contribution in [3.63, 3.8) is 0 Å². The molecule has 0 aromatic carbocycles. The second-order valence-corrected chi connectivity index (χ2v) is 6.71. The Balaban J connectivity index is 2.20. The summed E-state index contributed by atoms with van der Waals surface area (Å²) in [6, 6.07) is 0. The fourth-order valence-corrected chi connectivity index (χ4v) is 3.18. The van der Waals surface area contributed by atoms with Crippen LogP contribution in [-0.4, -0.2) is 23.2 Å². The summed E-state index contributed by atoms with van der Waals surface area (Å²) in [6.07, 6.45) is 5.67. The van der Waals surface area contributed by atoms with Crippen molar-refractivity contribution < 1.29 is 8.42 Å². The van der Waals surface area contributed by atoms with Gasteiger partial charge in [-0.05, 0) is 5.92 Å². The Hall–Kier alpha value is -0.620. The molecular weight excluding hydrogens is 250 g/mol. The van der Waals surface area contributed by atoms with Gasteiger partial charge in [-0.2, -0.15) is 0 Å². The number of aromatic nitrogens is 3. The first kappa shape index (κ1) is 11.9. The van der Waals surface area contributed by atoms with Gasteiger partial charge in [-0.1, -0.05) is 25.7 Å². The van der Waals surface area contributed by atoms with Crippen LogP contribution >= 0.6 is 10.7 Å². The summed E-state index contributed by atoms with van der Waals surface area (Å²) in [5.41, 5.74) is 0. The molecule has 2 rings (SSSR count). The van der Waals surface area contributed by atoms with E-state index in [1.807, 2.05) is 0 Å². The Morgan fingerprint density at radius 3 is 2.50 bits per heavy atom. The highest BCUT2D eigenvalue weighted by atomic mass is 35.7. The quantitative estimate of drug-likeness (QED) is 0.775. The lowest BCUT2D eigenvalue weighted by molar-refractivity contribution is 0.515. The SMILES string of the molecule is Cn1c(CC2CCCC2)nnc1S(=O)(=O)Cl. The van der Waals surface area contributed by atoms with Gasteiger partial charge in [0, 0.05) is 24.2 Å². The van der Waals surface area contributed by atoms with Crippen LogP contribution in [-0.2, 0) is 22.5 Å². The van der Waals surface area contributed by atoms with Gasteiger partial charge in [0.15, 0.2) is 0 Å². The highest BCUT2D eigenvalue weighted by Gasteiger charge is 2.23. The van der Waals surface area contributed by atoms with Crippen LogP contribution in [0.3, 0.4) is 0 Å². The summed E-state index contributed by atoms with van der Waals surface area (Å²) < 4.78 is 23.8. The van der Waals surface area contributed by atoms with Crippen LogP contribution in [0.4, 0.5) is 0 Å². The van der Waals surface area contributed by atoms with Gasteiger partial charge in [0.2, 0.25) is 0 Å². The lowest BCUT2D eigenvalue weighted by atomic mass is 10.0. The van der Waals surface area contributed by atoms with Crippen LogP contribution in [0.2, 0.25) is 0 Å². The zero-order valence-corrected chi connectivity index (χ0v) is 10.6. The molecule has 16 heavy (non-hydrogen) atoms. The lowest BCUT2D eigenvalue weighted by Gasteiger charge is -2.07. The Labute approximate surface area is 99.2 Å². The van der Waals surface area contributed by atoms with Crippen molar-refractivity contribution in [3.05, 3.63) is 5.82 Å². The Bertz CT molecular complexity index is 477. The third-order valence-electron chi connectivity index (χ3n) is 3.09. The third-order valence-corrected chi connectivity index (χ3v) is 4.29. The molecule has 1 aliphatic rings. The number of hydrogen-bond donors (Lipinski definition) is 0. The van der Waals surface area contributed by atoms with Crippen LogP contribution in [0.5, 0.6) is 0 Å². The van der Waals surface area contributed by atoms with Crippen LogP contribution in [0.15, 0.2) is 5.16 Å². The van der Waals surface area contributed by atoms with Crippen molar-refractivity contribution in [2.75, 3.05) is 0 Å². The van der Waals surface area contributed by atoms with E-state index in [0.29, 0.717) is 11.7 Å². The minimum absolute atomic E-state index is 0.165. The van der Waals surface area contributed by atoms with E-state index >= 15 is 0 Å². The number of rotatable bonds is 3. The van der Waals surface area contributed by atoms with Gasteiger partial charge in [-0.15, -0.1) is 10.2 Å². The molecule has 0 spiro atoms. The summed E-state index contributed by atoms with van der Waals surface area (Å²) in [7, 11) is 3.10. The molecule has 7 heteroatoms.